The van der Waals surface area contributed by atoms with Gasteiger partial charge in [0.25, 0.3) is 5.91 Å². The number of para-hydroxylation sites is 1. The predicted molar refractivity (Wildman–Crippen MR) is 191 cm³/mol. The fraction of sp³-hybridized carbons (Fsp3) is 0.421. The molecule has 2 fully saturated rings. The number of aliphatic imine (C=N–C) groups is 1. The number of nitrogens with zero attached hydrogens (tertiary/aromatic N) is 5. The zero-order valence-corrected chi connectivity index (χ0v) is 28.6. The molecule has 6 rings (SSSR count). The molecule has 8 nitrogen and oxygen atoms in total. The summed E-state index contributed by atoms with van der Waals surface area (Å²) in [5.74, 6) is 3.13. The zero-order valence-electron chi connectivity index (χ0n) is 27.8. The molecule has 1 amide bonds. The number of amides is 1. The van der Waals surface area contributed by atoms with Crippen molar-refractivity contribution in [3.8, 4) is 11.5 Å². The molecule has 0 saturated carbocycles. The van der Waals surface area contributed by atoms with Gasteiger partial charge < -0.3 is 14.4 Å². The number of amidine groups is 1. The molecule has 0 N–H and O–H groups in total. The Morgan fingerprint density at radius 2 is 1.64 bits per heavy atom. The number of ether oxygens (including phenoxy) is 2. The Balaban J connectivity index is 1.20. The monoisotopic (exact) mass is 655 g/mol. The predicted octanol–water partition coefficient (Wildman–Crippen LogP) is 7.10. The number of anilines is 1. The summed E-state index contributed by atoms with van der Waals surface area (Å²) in [6.45, 7) is 17.6. The first kappa shape index (κ1) is 33.1. The Kier molecular flexibility index (Phi) is 10.5. The number of piperidine rings is 1. The summed E-state index contributed by atoms with van der Waals surface area (Å²) in [4.78, 5) is 27.2. The highest BCUT2D eigenvalue weighted by molar-refractivity contribution is 6.30. The Morgan fingerprint density at radius 1 is 0.936 bits per heavy atom. The van der Waals surface area contributed by atoms with Gasteiger partial charge in [0.2, 0.25) is 0 Å². The number of halogens is 1. The van der Waals surface area contributed by atoms with Crippen LogP contribution in [0.15, 0.2) is 78.3 Å². The van der Waals surface area contributed by atoms with Gasteiger partial charge in [0, 0.05) is 49.0 Å². The van der Waals surface area contributed by atoms with E-state index < -0.39 is 0 Å². The van der Waals surface area contributed by atoms with Gasteiger partial charge in [-0.25, -0.2) is 4.99 Å². The van der Waals surface area contributed by atoms with Crippen molar-refractivity contribution in [2.75, 3.05) is 57.3 Å². The summed E-state index contributed by atoms with van der Waals surface area (Å²) < 4.78 is 12.1. The van der Waals surface area contributed by atoms with Crippen LogP contribution in [0.2, 0.25) is 5.02 Å². The number of likely N-dealkylation sites (tertiary alicyclic amines) is 1. The van der Waals surface area contributed by atoms with Crippen molar-refractivity contribution in [3.05, 3.63) is 89.5 Å². The average Bonchev–Trinajstić information content (AvgIpc) is 3.06. The Labute approximate surface area is 284 Å². The maximum absolute atomic E-state index is 13.0. The van der Waals surface area contributed by atoms with E-state index in [1.807, 2.05) is 17.0 Å². The van der Waals surface area contributed by atoms with Gasteiger partial charge in [0.05, 0.1) is 24.0 Å². The first-order valence-electron chi connectivity index (χ1n) is 16.8. The second kappa shape index (κ2) is 14.9. The van der Waals surface area contributed by atoms with Crippen LogP contribution in [0.4, 0.5) is 11.4 Å². The summed E-state index contributed by atoms with van der Waals surface area (Å²) in [6.07, 6.45) is 2.50. The maximum Gasteiger partial charge on any atom is 0.260 e. The van der Waals surface area contributed by atoms with E-state index in [1.165, 1.54) is 18.4 Å². The molecule has 2 saturated heterocycles. The third kappa shape index (κ3) is 8.18. The molecule has 3 aromatic rings. The van der Waals surface area contributed by atoms with Crippen molar-refractivity contribution in [1.82, 2.24) is 14.7 Å². The average molecular weight is 656 g/mol. The van der Waals surface area contributed by atoms with Crippen LogP contribution in [0.3, 0.4) is 0 Å². The molecule has 47 heavy (non-hydrogen) atoms. The molecule has 0 aromatic heterocycles. The van der Waals surface area contributed by atoms with Gasteiger partial charge in [-0.1, -0.05) is 49.4 Å². The van der Waals surface area contributed by atoms with Crippen LogP contribution in [0.25, 0.3) is 5.70 Å². The molecule has 0 bridgehead atoms. The van der Waals surface area contributed by atoms with Gasteiger partial charge in [0.1, 0.15) is 17.3 Å². The van der Waals surface area contributed by atoms with Crippen LogP contribution >= 0.6 is 11.6 Å². The van der Waals surface area contributed by atoms with Crippen molar-refractivity contribution in [2.24, 2.45) is 10.9 Å². The number of hydrogen-bond acceptors (Lipinski definition) is 7. The minimum Gasteiger partial charge on any atom is -0.489 e. The van der Waals surface area contributed by atoms with Crippen LogP contribution in [0, 0.1) is 5.92 Å². The van der Waals surface area contributed by atoms with Crippen molar-refractivity contribution in [1.29, 1.82) is 0 Å². The molecule has 3 aliphatic heterocycles. The number of hydrogen-bond donors (Lipinski definition) is 0. The molecule has 9 heteroatoms. The minimum absolute atomic E-state index is 0.00412. The van der Waals surface area contributed by atoms with E-state index in [4.69, 9.17) is 26.1 Å². The molecule has 3 heterocycles. The van der Waals surface area contributed by atoms with E-state index in [0.717, 1.165) is 72.9 Å². The number of carbonyl (C=O) groups excluding carboxylic acids is 1. The molecule has 0 spiro atoms. The van der Waals surface area contributed by atoms with Crippen molar-refractivity contribution in [2.45, 2.75) is 46.3 Å². The van der Waals surface area contributed by atoms with Crippen molar-refractivity contribution < 1.29 is 14.3 Å². The molecule has 3 aliphatic rings. The topological polar surface area (TPSA) is 60.9 Å². The number of fused-ring (bicyclic) bond motifs is 1. The smallest absolute Gasteiger partial charge is 0.260 e. The standard InChI is InChI=1S/C38H46ClN5O3/c1-27(2)47-36-14-9-30(24-41-17-15-28(3)16-18-41)23-35(36)44-29(4)33-7-5-6-8-34(33)40-37(44)25-42-19-21-43(22-20-42)38(45)26-46-32-12-10-31(39)11-13-32/h5-14,23,27-28H,4,15-22,24-26H2,1-3H3. The molecular weight excluding hydrogens is 610 g/mol. The van der Waals surface area contributed by atoms with E-state index in [2.05, 4.69) is 72.4 Å². The van der Waals surface area contributed by atoms with Crippen LogP contribution < -0.4 is 14.4 Å². The second-order valence-corrected chi connectivity index (χ2v) is 13.6. The Hall–Kier alpha value is -3.85. The second-order valence-electron chi connectivity index (χ2n) is 13.2. The summed E-state index contributed by atoms with van der Waals surface area (Å²) in [6, 6.07) is 21.8. The highest BCUT2D eigenvalue weighted by atomic mass is 35.5. The van der Waals surface area contributed by atoms with Crippen LogP contribution in [0.5, 0.6) is 11.5 Å². The lowest BCUT2D eigenvalue weighted by Crippen LogP contribution is -2.52. The van der Waals surface area contributed by atoms with E-state index in [9.17, 15) is 4.79 Å². The van der Waals surface area contributed by atoms with Gasteiger partial charge >= 0.3 is 0 Å². The highest BCUT2D eigenvalue weighted by Crippen LogP contribution is 2.41. The van der Waals surface area contributed by atoms with Crippen LogP contribution in [0.1, 0.15) is 44.7 Å². The van der Waals surface area contributed by atoms with E-state index in [1.54, 1.807) is 24.3 Å². The van der Waals surface area contributed by atoms with Crippen molar-refractivity contribution in [3.63, 3.8) is 0 Å². The number of carbonyl (C=O) groups is 1. The highest BCUT2D eigenvalue weighted by Gasteiger charge is 2.31. The summed E-state index contributed by atoms with van der Waals surface area (Å²) in [5, 5.41) is 0.636. The zero-order chi connectivity index (χ0) is 32.9. The molecule has 3 aromatic carbocycles. The third-order valence-corrected chi connectivity index (χ3v) is 9.42. The summed E-state index contributed by atoms with van der Waals surface area (Å²) in [5.41, 5.74) is 5.04. The molecule has 0 unspecified atom stereocenters. The van der Waals surface area contributed by atoms with Gasteiger partial charge in [-0.05, 0) is 93.7 Å². The SMILES string of the molecule is C=C1c2ccccc2N=C(CN2CCN(C(=O)COc3ccc(Cl)cc3)CC2)N1c1cc(CN2CCC(C)CC2)ccc1OC(C)C. The number of piperazine rings is 1. The largest absolute Gasteiger partial charge is 0.489 e. The quantitative estimate of drug-likeness (QED) is 0.232. The molecule has 0 atom stereocenters. The lowest BCUT2D eigenvalue weighted by atomic mass is 9.98. The molecule has 0 aliphatic carbocycles. The lowest BCUT2D eigenvalue weighted by molar-refractivity contribution is -0.135. The summed E-state index contributed by atoms with van der Waals surface area (Å²) >= 11 is 5.97. The normalized spacial score (nSPS) is 17.9. The van der Waals surface area contributed by atoms with E-state index in [-0.39, 0.29) is 18.6 Å². The summed E-state index contributed by atoms with van der Waals surface area (Å²) in [7, 11) is 0. The third-order valence-electron chi connectivity index (χ3n) is 9.17. The van der Waals surface area contributed by atoms with E-state index in [0.29, 0.717) is 30.4 Å². The van der Waals surface area contributed by atoms with Gasteiger partial charge in [0.15, 0.2) is 6.61 Å². The van der Waals surface area contributed by atoms with Gasteiger partial charge in [-0.2, -0.15) is 0 Å². The molecular formula is C38H46ClN5O3. The fourth-order valence-electron chi connectivity index (χ4n) is 6.46. The van der Waals surface area contributed by atoms with E-state index >= 15 is 0 Å². The van der Waals surface area contributed by atoms with Gasteiger partial charge in [-0.15, -0.1) is 0 Å². The first-order valence-corrected chi connectivity index (χ1v) is 17.2. The molecule has 0 radical (unpaired) electrons. The Morgan fingerprint density at radius 3 is 2.36 bits per heavy atom. The first-order chi connectivity index (χ1) is 22.7. The maximum atomic E-state index is 13.0. The lowest BCUT2D eigenvalue weighted by Gasteiger charge is -2.39. The minimum atomic E-state index is -0.0195. The van der Waals surface area contributed by atoms with Crippen LogP contribution in [-0.2, 0) is 11.3 Å². The Bertz CT molecular complexity index is 1590. The van der Waals surface area contributed by atoms with Crippen LogP contribution in [-0.4, -0.2) is 85.0 Å². The van der Waals surface area contributed by atoms with Crippen molar-refractivity contribution >= 4 is 40.4 Å². The van der Waals surface area contributed by atoms with Gasteiger partial charge in [-0.3, -0.25) is 19.5 Å². The number of benzene rings is 3. The molecule has 248 valence electrons. The fourth-order valence-corrected chi connectivity index (χ4v) is 6.59. The number of rotatable bonds is 10.